The molecule has 0 spiro atoms. The van der Waals surface area contributed by atoms with E-state index in [1.165, 1.54) is 25.7 Å². The van der Waals surface area contributed by atoms with E-state index in [-0.39, 0.29) is 0 Å². The van der Waals surface area contributed by atoms with E-state index >= 15 is 0 Å². The zero-order valence-corrected chi connectivity index (χ0v) is 17.0. The number of nitrogens with zero attached hydrogens (tertiary/aromatic N) is 6. The summed E-state index contributed by atoms with van der Waals surface area (Å²) in [7, 11) is 3.75. The van der Waals surface area contributed by atoms with Crippen LogP contribution in [-0.4, -0.2) is 63.8 Å². The minimum absolute atomic E-state index is 0.399. The van der Waals surface area contributed by atoms with E-state index in [0.29, 0.717) is 5.41 Å². The van der Waals surface area contributed by atoms with Crippen molar-refractivity contribution in [2.24, 2.45) is 17.5 Å². The molecule has 1 aliphatic rings. The van der Waals surface area contributed by atoms with E-state index in [2.05, 4.69) is 49.4 Å². The maximum Gasteiger partial charge on any atom is 0.193 e. The molecule has 0 bridgehead atoms. The summed E-state index contributed by atoms with van der Waals surface area (Å²) >= 11 is 0. The predicted molar refractivity (Wildman–Crippen MR) is 110 cm³/mol. The van der Waals surface area contributed by atoms with Crippen molar-refractivity contribution in [1.29, 1.82) is 0 Å². The summed E-state index contributed by atoms with van der Waals surface area (Å²) in [4.78, 5) is 15.5. The molecule has 0 saturated carbocycles. The average molecular weight is 373 g/mol. The lowest BCUT2D eigenvalue weighted by Crippen LogP contribution is -2.50. The van der Waals surface area contributed by atoms with Gasteiger partial charge in [0.2, 0.25) is 0 Å². The third kappa shape index (κ3) is 4.48. The lowest BCUT2D eigenvalue weighted by atomic mass is 9.78. The highest BCUT2D eigenvalue weighted by Gasteiger charge is 2.31. The fourth-order valence-corrected chi connectivity index (χ4v) is 4.09. The van der Waals surface area contributed by atoms with E-state index in [1.807, 2.05) is 14.1 Å². The van der Waals surface area contributed by atoms with Crippen LogP contribution in [0.4, 0.5) is 5.82 Å². The standard InChI is InChI=1S/C19H32N8/c1-5-7-19(2)8-6-11-27(13-19)18(20-3)22-10-9-21-16-15-12-25-26(4)17(15)24-14-23-16/h12,14H,5-11,13H2,1-4H3,(H,20,22)(H,21,23,24). The van der Waals surface area contributed by atoms with Gasteiger partial charge in [0.15, 0.2) is 11.6 Å². The molecule has 3 rings (SSSR count). The summed E-state index contributed by atoms with van der Waals surface area (Å²) < 4.78 is 1.76. The molecule has 1 unspecified atom stereocenters. The third-order valence-electron chi connectivity index (χ3n) is 5.38. The molecular formula is C19H32N8. The highest BCUT2D eigenvalue weighted by molar-refractivity contribution is 5.86. The monoisotopic (exact) mass is 372 g/mol. The van der Waals surface area contributed by atoms with Crippen molar-refractivity contribution < 1.29 is 0 Å². The van der Waals surface area contributed by atoms with Gasteiger partial charge in [-0.25, -0.2) is 9.97 Å². The van der Waals surface area contributed by atoms with Crippen molar-refractivity contribution >= 4 is 22.8 Å². The number of nitrogens with one attached hydrogen (secondary N) is 2. The summed E-state index contributed by atoms with van der Waals surface area (Å²) in [6.07, 6.45) is 8.42. The molecule has 1 fully saturated rings. The summed E-state index contributed by atoms with van der Waals surface area (Å²) in [5.41, 5.74) is 1.23. The van der Waals surface area contributed by atoms with Crippen LogP contribution in [0.2, 0.25) is 0 Å². The average Bonchev–Trinajstić information content (AvgIpc) is 3.04. The minimum Gasteiger partial charge on any atom is -0.368 e. The van der Waals surface area contributed by atoms with E-state index in [1.54, 1.807) is 17.2 Å². The first kappa shape index (κ1) is 19.4. The van der Waals surface area contributed by atoms with Gasteiger partial charge in [0.25, 0.3) is 0 Å². The Hall–Kier alpha value is -2.38. The minimum atomic E-state index is 0.399. The van der Waals surface area contributed by atoms with Crippen molar-refractivity contribution in [3.8, 4) is 0 Å². The first-order chi connectivity index (χ1) is 13.1. The Balaban J connectivity index is 1.53. The fraction of sp³-hybridized carbons (Fsp3) is 0.684. The smallest absolute Gasteiger partial charge is 0.193 e. The molecule has 1 aliphatic heterocycles. The van der Waals surface area contributed by atoms with Gasteiger partial charge in [-0.3, -0.25) is 9.67 Å². The highest BCUT2D eigenvalue weighted by Crippen LogP contribution is 2.33. The van der Waals surface area contributed by atoms with Gasteiger partial charge in [-0.15, -0.1) is 0 Å². The van der Waals surface area contributed by atoms with Crippen LogP contribution in [0, 0.1) is 5.41 Å². The largest absolute Gasteiger partial charge is 0.368 e. The van der Waals surface area contributed by atoms with Crippen molar-refractivity contribution in [1.82, 2.24) is 30.0 Å². The normalized spacial score (nSPS) is 20.9. The number of guanidine groups is 1. The summed E-state index contributed by atoms with van der Waals surface area (Å²) in [5.74, 6) is 1.81. The molecule has 2 N–H and O–H groups in total. The summed E-state index contributed by atoms with van der Waals surface area (Å²) in [5, 5.41) is 12.1. The summed E-state index contributed by atoms with van der Waals surface area (Å²) in [6.45, 7) is 8.37. The van der Waals surface area contributed by atoms with Gasteiger partial charge in [0.1, 0.15) is 12.1 Å². The van der Waals surface area contributed by atoms with E-state index in [0.717, 1.165) is 49.0 Å². The molecule has 148 valence electrons. The molecule has 0 aromatic carbocycles. The van der Waals surface area contributed by atoms with Crippen LogP contribution in [-0.2, 0) is 7.05 Å². The Morgan fingerprint density at radius 2 is 2.19 bits per heavy atom. The summed E-state index contributed by atoms with van der Waals surface area (Å²) in [6, 6.07) is 0. The lowest BCUT2D eigenvalue weighted by Gasteiger charge is -2.42. The topological polar surface area (TPSA) is 83.3 Å². The van der Waals surface area contributed by atoms with E-state index in [4.69, 9.17) is 0 Å². The number of rotatable bonds is 6. The van der Waals surface area contributed by atoms with E-state index in [9.17, 15) is 0 Å². The van der Waals surface area contributed by atoms with Crippen molar-refractivity contribution in [2.75, 3.05) is 38.5 Å². The number of aliphatic imine (C=N–C) groups is 1. The zero-order chi connectivity index (χ0) is 19.3. The molecule has 2 aromatic heterocycles. The molecule has 0 aliphatic carbocycles. The Morgan fingerprint density at radius 3 is 2.96 bits per heavy atom. The molecule has 27 heavy (non-hydrogen) atoms. The van der Waals surface area contributed by atoms with Gasteiger partial charge in [-0.2, -0.15) is 5.10 Å². The van der Waals surface area contributed by atoms with Gasteiger partial charge in [-0.05, 0) is 24.7 Å². The van der Waals surface area contributed by atoms with Crippen LogP contribution in [0.1, 0.15) is 39.5 Å². The molecule has 8 nitrogen and oxygen atoms in total. The number of aryl methyl sites for hydroxylation is 1. The van der Waals surface area contributed by atoms with Crippen LogP contribution in [0.3, 0.4) is 0 Å². The molecule has 1 atom stereocenters. The van der Waals surface area contributed by atoms with Crippen LogP contribution in [0.25, 0.3) is 11.0 Å². The van der Waals surface area contributed by atoms with Crippen molar-refractivity contribution in [2.45, 2.75) is 39.5 Å². The van der Waals surface area contributed by atoms with Gasteiger partial charge < -0.3 is 15.5 Å². The second-order valence-electron chi connectivity index (χ2n) is 7.71. The number of aromatic nitrogens is 4. The van der Waals surface area contributed by atoms with Crippen molar-refractivity contribution in [3.63, 3.8) is 0 Å². The van der Waals surface area contributed by atoms with Gasteiger partial charge in [0.05, 0.1) is 11.6 Å². The number of hydrogen-bond donors (Lipinski definition) is 2. The fourth-order valence-electron chi connectivity index (χ4n) is 4.09. The van der Waals surface area contributed by atoms with Gasteiger partial charge >= 0.3 is 0 Å². The van der Waals surface area contributed by atoms with Crippen LogP contribution >= 0.6 is 0 Å². The third-order valence-corrected chi connectivity index (χ3v) is 5.38. The maximum atomic E-state index is 4.50. The lowest BCUT2D eigenvalue weighted by molar-refractivity contribution is 0.143. The van der Waals surface area contributed by atoms with Crippen LogP contribution in [0.5, 0.6) is 0 Å². The molecular weight excluding hydrogens is 340 g/mol. The molecule has 2 aromatic rings. The quantitative estimate of drug-likeness (QED) is 0.460. The van der Waals surface area contributed by atoms with Gasteiger partial charge in [0, 0.05) is 40.3 Å². The van der Waals surface area contributed by atoms with Crippen LogP contribution < -0.4 is 10.6 Å². The Morgan fingerprint density at radius 1 is 1.33 bits per heavy atom. The molecule has 8 heteroatoms. The SMILES string of the molecule is CCCC1(C)CCCN(C(=NC)NCCNc2ncnc3c2cnn3C)C1. The number of piperidine rings is 1. The Kier molecular flexibility index (Phi) is 6.13. The molecule has 1 saturated heterocycles. The Bertz CT molecular complexity index is 779. The first-order valence-electron chi connectivity index (χ1n) is 9.88. The number of hydrogen-bond acceptors (Lipinski definition) is 5. The number of anilines is 1. The second kappa shape index (κ2) is 8.54. The Labute approximate surface area is 161 Å². The predicted octanol–water partition coefficient (Wildman–Crippen LogP) is 2.25. The number of likely N-dealkylation sites (tertiary alicyclic amines) is 1. The molecule has 3 heterocycles. The second-order valence-corrected chi connectivity index (χ2v) is 7.71. The van der Waals surface area contributed by atoms with E-state index < -0.39 is 0 Å². The van der Waals surface area contributed by atoms with Crippen molar-refractivity contribution in [3.05, 3.63) is 12.5 Å². The molecule has 0 radical (unpaired) electrons. The molecule has 0 amide bonds. The highest BCUT2D eigenvalue weighted by atomic mass is 15.3. The first-order valence-corrected chi connectivity index (χ1v) is 9.88. The van der Waals surface area contributed by atoms with Gasteiger partial charge in [-0.1, -0.05) is 20.3 Å². The van der Waals surface area contributed by atoms with Crippen LogP contribution in [0.15, 0.2) is 17.5 Å². The maximum absolute atomic E-state index is 4.50. The zero-order valence-electron chi connectivity index (χ0n) is 17.0. The number of fused-ring (bicyclic) bond motifs is 1.